The van der Waals surface area contributed by atoms with Gasteiger partial charge in [0, 0.05) is 25.1 Å². The van der Waals surface area contributed by atoms with Gasteiger partial charge in [-0.15, -0.1) is 0 Å². The lowest BCUT2D eigenvalue weighted by atomic mass is 10.2. The first-order valence-electron chi connectivity index (χ1n) is 12.9. The third-order valence-corrected chi connectivity index (χ3v) is 4.81. The summed E-state index contributed by atoms with van der Waals surface area (Å²) in [5.41, 5.74) is 0. The lowest BCUT2D eigenvalue weighted by Crippen LogP contribution is -2.48. The highest BCUT2D eigenvalue weighted by Gasteiger charge is 2.21. The molecule has 0 saturated heterocycles. The molecule has 0 aliphatic carbocycles. The fourth-order valence-electron chi connectivity index (χ4n) is 2.86. The van der Waals surface area contributed by atoms with E-state index in [0.717, 1.165) is 44.6 Å². The van der Waals surface area contributed by atoms with Crippen LogP contribution < -0.4 is 10.6 Å². The molecule has 0 rings (SSSR count). The van der Waals surface area contributed by atoms with Crippen molar-refractivity contribution in [1.29, 1.82) is 0 Å². The zero-order chi connectivity index (χ0) is 28.3. The number of methoxy groups -OCH3 is 1. The maximum absolute atomic E-state index is 12.1. The number of carbonyl (C=O) groups excluding carboxylic acids is 3. The van der Waals surface area contributed by atoms with Crippen molar-refractivity contribution >= 4 is 23.8 Å². The summed E-state index contributed by atoms with van der Waals surface area (Å²) in [7, 11) is 1.17. The Kier molecular flexibility index (Phi) is 22.2. The summed E-state index contributed by atoms with van der Waals surface area (Å²) >= 11 is 0. The maximum atomic E-state index is 12.1. The molecule has 8 nitrogen and oxygen atoms in total. The Labute approximate surface area is 226 Å². The van der Waals surface area contributed by atoms with Gasteiger partial charge in [0.25, 0.3) is 0 Å². The van der Waals surface area contributed by atoms with E-state index in [2.05, 4.69) is 83.1 Å². The lowest BCUT2D eigenvalue weighted by Gasteiger charge is -2.16. The number of amides is 2. The van der Waals surface area contributed by atoms with Crippen LogP contribution >= 0.6 is 0 Å². The predicted molar refractivity (Wildman–Crippen MR) is 151 cm³/mol. The molecule has 0 radical (unpaired) electrons. The van der Waals surface area contributed by atoms with Crippen LogP contribution in [0.2, 0.25) is 0 Å². The number of carboxylic acid groups (broad SMARTS) is 1. The van der Waals surface area contributed by atoms with Gasteiger partial charge >= 0.3 is 11.9 Å². The van der Waals surface area contributed by atoms with Crippen molar-refractivity contribution in [3.05, 3.63) is 85.1 Å². The van der Waals surface area contributed by atoms with Crippen LogP contribution in [0.15, 0.2) is 85.1 Å². The van der Waals surface area contributed by atoms with Crippen LogP contribution in [-0.2, 0) is 23.9 Å². The summed E-state index contributed by atoms with van der Waals surface area (Å²) in [5.74, 6) is -3.05. The topological polar surface area (TPSA) is 122 Å². The zero-order valence-electron chi connectivity index (χ0n) is 22.5. The van der Waals surface area contributed by atoms with Crippen molar-refractivity contribution < 1.29 is 29.0 Å². The number of nitrogens with one attached hydrogen (secondary N) is 2. The number of allylic oxidation sites excluding steroid dienone is 12. The van der Waals surface area contributed by atoms with Crippen molar-refractivity contribution in [2.45, 2.75) is 64.3 Å². The molecule has 8 heteroatoms. The maximum Gasteiger partial charge on any atom is 0.330 e. The molecule has 38 heavy (non-hydrogen) atoms. The smallest absolute Gasteiger partial charge is 0.330 e. The molecule has 0 heterocycles. The molecule has 2 amide bonds. The molecule has 0 saturated carbocycles. The Bertz CT molecular complexity index is 910. The summed E-state index contributed by atoms with van der Waals surface area (Å²) in [6.45, 7) is 1.91. The van der Waals surface area contributed by atoms with Crippen molar-refractivity contribution in [1.82, 2.24) is 10.6 Å². The minimum atomic E-state index is -1.27. The molecular formula is C30H42N2O6. The second-order valence-electron chi connectivity index (χ2n) is 8.01. The number of carbonyl (C=O) groups is 4. The molecule has 1 unspecified atom stereocenters. The lowest BCUT2D eigenvalue weighted by molar-refractivity contribution is -0.145. The average molecular weight is 527 g/mol. The highest BCUT2D eigenvalue weighted by molar-refractivity contribution is 5.94. The molecule has 0 fully saturated rings. The van der Waals surface area contributed by atoms with Crippen LogP contribution in [-0.4, -0.2) is 48.6 Å². The molecule has 0 aliphatic rings. The van der Waals surface area contributed by atoms with E-state index in [9.17, 15) is 19.2 Å². The Balaban J connectivity index is 4.07. The van der Waals surface area contributed by atoms with E-state index in [1.807, 2.05) is 12.2 Å². The van der Waals surface area contributed by atoms with Gasteiger partial charge in [-0.1, -0.05) is 79.8 Å². The van der Waals surface area contributed by atoms with Crippen LogP contribution in [0.4, 0.5) is 0 Å². The molecule has 0 aromatic heterocycles. The molecule has 0 spiro atoms. The van der Waals surface area contributed by atoms with Gasteiger partial charge in [0.1, 0.15) is 6.04 Å². The van der Waals surface area contributed by atoms with Gasteiger partial charge in [0.15, 0.2) is 0 Å². The van der Waals surface area contributed by atoms with Crippen LogP contribution in [0.5, 0.6) is 0 Å². The van der Waals surface area contributed by atoms with E-state index in [4.69, 9.17) is 5.11 Å². The van der Waals surface area contributed by atoms with Crippen molar-refractivity contribution in [2.75, 3.05) is 13.7 Å². The standard InChI is InChI=1S/C30H42N2O6/c1-3-4-5-6-7-8-9-10-11-12-13-14-15-16-17-18-19-20-21-22-28(34)32-26(30(37)38-2)25-31-27(33)23-24-29(35)36/h4-5,7-8,10-11,13-14,16-17,19-20,23-24,26H,3,6,9,12,15,18,21-22,25H2,1-2H3,(H,31,33)(H,32,34)(H,35,36). The fraction of sp³-hybridized carbons (Fsp3) is 0.400. The first kappa shape index (κ1) is 34.1. The number of esters is 1. The van der Waals surface area contributed by atoms with Gasteiger partial charge in [0.2, 0.25) is 11.8 Å². The Morgan fingerprint density at radius 3 is 1.66 bits per heavy atom. The summed E-state index contributed by atoms with van der Waals surface area (Å²) < 4.78 is 4.64. The highest BCUT2D eigenvalue weighted by atomic mass is 16.5. The molecule has 0 aliphatic heterocycles. The van der Waals surface area contributed by atoms with Gasteiger partial charge < -0.3 is 20.5 Å². The number of rotatable bonds is 20. The predicted octanol–water partition coefficient (Wildman–Crippen LogP) is 4.88. The quantitative estimate of drug-likeness (QED) is 0.118. The normalized spacial score (nSPS) is 13.1. The largest absolute Gasteiger partial charge is 0.478 e. The molecule has 208 valence electrons. The number of ether oxygens (including phenoxy) is 1. The molecule has 3 N–H and O–H groups in total. The van der Waals surface area contributed by atoms with E-state index in [-0.39, 0.29) is 18.9 Å². The summed E-state index contributed by atoms with van der Waals surface area (Å²) in [5, 5.41) is 13.4. The van der Waals surface area contributed by atoms with Crippen molar-refractivity contribution in [3.8, 4) is 0 Å². The highest BCUT2D eigenvalue weighted by Crippen LogP contribution is 1.99. The molecule has 0 aromatic rings. The van der Waals surface area contributed by atoms with Crippen LogP contribution in [0.1, 0.15) is 58.3 Å². The van der Waals surface area contributed by atoms with Gasteiger partial charge in [-0.3, -0.25) is 9.59 Å². The van der Waals surface area contributed by atoms with Crippen LogP contribution in [0.25, 0.3) is 0 Å². The summed E-state index contributed by atoms with van der Waals surface area (Å²) in [6.07, 6.45) is 33.1. The van der Waals surface area contributed by atoms with Crippen LogP contribution in [0, 0.1) is 0 Å². The first-order valence-corrected chi connectivity index (χ1v) is 12.9. The SMILES string of the molecule is CCC=CCC=CCC=CCC=CCC=CCC=CCCC(=O)NC(CNC(=O)C=CC(=O)O)C(=O)OC. The third kappa shape index (κ3) is 22.5. The second kappa shape index (κ2) is 24.7. The van der Waals surface area contributed by atoms with Crippen molar-refractivity contribution in [3.63, 3.8) is 0 Å². The second-order valence-corrected chi connectivity index (χ2v) is 8.01. The average Bonchev–Trinajstić information content (AvgIpc) is 2.90. The Hall–Kier alpha value is -3.94. The number of aliphatic carboxylic acids is 1. The molecule has 1 atom stereocenters. The monoisotopic (exact) mass is 526 g/mol. The van der Waals surface area contributed by atoms with E-state index in [1.54, 1.807) is 0 Å². The zero-order valence-corrected chi connectivity index (χ0v) is 22.5. The van der Waals surface area contributed by atoms with E-state index < -0.39 is 23.9 Å². The van der Waals surface area contributed by atoms with E-state index in [0.29, 0.717) is 12.5 Å². The van der Waals surface area contributed by atoms with Gasteiger partial charge in [-0.25, -0.2) is 9.59 Å². The van der Waals surface area contributed by atoms with Gasteiger partial charge in [-0.05, 0) is 44.9 Å². The first-order chi connectivity index (χ1) is 18.4. The Morgan fingerprint density at radius 1 is 0.737 bits per heavy atom. The number of hydrogen-bond donors (Lipinski definition) is 3. The van der Waals surface area contributed by atoms with Gasteiger partial charge in [0.05, 0.1) is 7.11 Å². The Morgan fingerprint density at radius 2 is 1.21 bits per heavy atom. The van der Waals surface area contributed by atoms with Crippen molar-refractivity contribution in [2.24, 2.45) is 0 Å². The van der Waals surface area contributed by atoms with Gasteiger partial charge in [-0.2, -0.15) is 0 Å². The minimum Gasteiger partial charge on any atom is -0.478 e. The number of hydrogen-bond acceptors (Lipinski definition) is 5. The number of carboxylic acids is 1. The molecule has 0 bridgehead atoms. The molecule has 0 aromatic carbocycles. The third-order valence-electron chi connectivity index (χ3n) is 4.81. The van der Waals surface area contributed by atoms with E-state index >= 15 is 0 Å². The van der Waals surface area contributed by atoms with Crippen LogP contribution in [0.3, 0.4) is 0 Å². The minimum absolute atomic E-state index is 0.169. The summed E-state index contributed by atoms with van der Waals surface area (Å²) in [4.78, 5) is 46.0. The van der Waals surface area contributed by atoms with E-state index in [1.165, 1.54) is 7.11 Å². The molecular weight excluding hydrogens is 484 g/mol. The fourth-order valence-corrected chi connectivity index (χ4v) is 2.86. The summed E-state index contributed by atoms with van der Waals surface area (Å²) in [6, 6.07) is -1.07.